The van der Waals surface area contributed by atoms with Crippen LogP contribution in [-0.2, 0) is 4.74 Å². The predicted molar refractivity (Wildman–Crippen MR) is 103 cm³/mol. The Hall–Kier alpha value is -4.04. The van der Waals surface area contributed by atoms with Gasteiger partial charge in [-0.1, -0.05) is 11.6 Å². The van der Waals surface area contributed by atoms with Gasteiger partial charge in [-0.2, -0.15) is 0 Å². The zero-order valence-corrected chi connectivity index (χ0v) is 15.5. The average Bonchev–Trinajstić information content (AvgIpc) is 2.71. The summed E-state index contributed by atoms with van der Waals surface area (Å²) in [5.74, 6) is -4.49. The summed E-state index contributed by atoms with van der Waals surface area (Å²) in [7, 11) is 0. The smallest absolute Gasteiger partial charge is 0.346 e. The minimum Gasteiger partial charge on any atom is -0.478 e. The maximum Gasteiger partial charge on any atom is 0.346 e. The molecule has 0 aromatic heterocycles. The quantitative estimate of drug-likeness (QED) is 0.383. The lowest BCUT2D eigenvalue weighted by atomic mass is 9.87. The number of rotatable bonds is 2. The molecule has 8 nitrogen and oxygen atoms in total. The first kappa shape index (κ1) is 18.0. The van der Waals surface area contributed by atoms with Gasteiger partial charge in [0.2, 0.25) is 0 Å². The molecule has 9 heteroatoms. The van der Waals surface area contributed by atoms with Crippen LogP contribution in [0.1, 0.15) is 51.8 Å². The fourth-order valence-corrected chi connectivity index (χ4v) is 3.96. The number of amides is 2. The van der Waals surface area contributed by atoms with Crippen LogP contribution in [0.15, 0.2) is 42.5 Å². The zero-order valence-electron chi connectivity index (χ0n) is 14.8. The van der Waals surface area contributed by atoms with Gasteiger partial charge in [0.15, 0.2) is 0 Å². The number of carbonyl (C=O) groups excluding carboxylic acids is 4. The van der Waals surface area contributed by atoms with Crippen LogP contribution in [-0.4, -0.2) is 34.8 Å². The minimum atomic E-state index is -1.25. The molecular weight excluding hydrogens is 414 g/mol. The topological polar surface area (TPSA) is 118 Å². The highest BCUT2D eigenvalue weighted by atomic mass is 35.5. The number of carboxylic acid groups (broad SMARTS) is 1. The Kier molecular flexibility index (Phi) is 3.59. The SMILES string of the molecule is O=C(O)c1ccc(Cl)c(N2C(=O)c3ccc4c5c(ccc(c35)C2=O)C(=O)OC4=O)c1. The fraction of sp³-hybridized carbons (Fsp3) is 0. The van der Waals surface area contributed by atoms with Crippen molar-refractivity contribution in [2.75, 3.05) is 4.90 Å². The van der Waals surface area contributed by atoms with Gasteiger partial charge in [0.05, 0.1) is 27.4 Å². The second kappa shape index (κ2) is 5.98. The lowest BCUT2D eigenvalue weighted by Gasteiger charge is -2.29. The highest BCUT2D eigenvalue weighted by Crippen LogP contribution is 2.39. The van der Waals surface area contributed by atoms with Gasteiger partial charge < -0.3 is 9.84 Å². The highest BCUT2D eigenvalue weighted by molar-refractivity contribution is 6.41. The lowest BCUT2D eigenvalue weighted by molar-refractivity contribution is 0.0389. The van der Waals surface area contributed by atoms with E-state index in [0.717, 1.165) is 11.0 Å². The minimum absolute atomic E-state index is 0.00880. The number of carbonyl (C=O) groups is 5. The van der Waals surface area contributed by atoms with Crippen molar-refractivity contribution in [1.29, 1.82) is 0 Å². The molecule has 0 unspecified atom stereocenters. The Morgan fingerprint density at radius 3 is 1.83 bits per heavy atom. The summed E-state index contributed by atoms with van der Waals surface area (Å²) < 4.78 is 4.70. The van der Waals surface area contributed by atoms with Crippen molar-refractivity contribution in [1.82, 2.24) is 0 Å². The molecule has 0 fully saturated rings. The molecule has 3 aromatic carbocycles. The summed E-state index contributed by atoms with van der Waals surface area (Å²) in [6.07, 6.45) is 0. The van der Waals surface area contributed by atoms with Crippen LogP contribution in [0.5, 0.6) is 0 Å². The van der Waals surface area contributed by atoms with Gasteiger partial charge in [-0.05, 0) is 42.5 Å². The van der Waals surface area contributed by atoms with Gasteiger partial charge in [0.1, 0.15) is 0 Å². The molecule has 3 aromatic rings. The van der Waals surface area contributed by atoms with E-state index in [4.69, 9.17) is 16.3 Å². The first-order chi connectivity index (χ1) is 14.3. The molecular formula is C21H8ClNO7. The zero-order chi connectivity index (χ0) is 21.3. The molecule has 0 aliphatic carbocycles. The summed E-state index contributed by atoms with van der Waals surface area (Å²) >= 11 is 6.17. The largest absolute Gasteiger partial charge is 0.478 e. The van der Waals surface area contributed by atoms with Gasteiger partial charge in [0, 0.05) is 21.9 Å². The van der Waals surface area contributed by atoms with Gasteiger partial charge >= 0.3 is 17.9 Å². The molecule has 30 heavy (non-hydrogen) atoms. The summed E-state index contributed by atoms with van der Waals surface area (Å²) in [4.78, 5) is 62.8. The van der Waals surface area contributed by atoms with Gasteiger partial charge in [-0.25, -0.2) is 19.3 Å². The number of benzene rings is 3. The second-order valence-electron chi connectivity index (χ2n) is 6.67. The molecule has 2 amide bonds. The summed E-state index contributed by atoms with van der Waals surface area (Å²) in [6, 6.07) is 9.09. The van der Waals surface area contributed by atoms with Crippen LogP contribution in [0.25, 0.3) is 10.8 Å². The van der Waals surface area contributed by atoms with Gasteiger partial charge in [0.25, 0.3) is 11.8 Å². The number of nitrogens with zero attached hydrogens (tertiary/aromatic N) is 1. The monoisotopic (exact) mass is 421 g/mol. The van der Waals surface area contributed by atoms with E-state index in [1.54, 1.807) is 0 Å². The third-order valence-corrected chi connectivity index (χ3v) is 5.41. The van der Waals surface area contributed by atoms with E-state index in [2.05, 4.69) is 0 Å². The number of hydrogen-bond acceptors (Lipinski definition) is 6. The number of cyclic esters (lactones) is 2. The van der Waals surface area contributed by atoms with Crippen LogP contribution < -0.4 is 4.90 Å². The Morgan fingerprint density at radius 2 is 1.30 bits per heavy atom. The van der Waals surface area contributed by atoms with E-state index in [9.17, 15) is 29.1 Å². The fourth-order valence-electron chi connectivity index (χ4n) is 3.76. The number of carboxylic acids is 1. The molecule has 2 aliphatic heterocycles. The predicted octanol–water partition coefficient (Wildman–Crippen LogP) is 3.30. The molecule has 0 saturated carbocycles. The highest BCUT2D eigenvalue weighted by Gasteiger charge is 2.39. The third kappa shape index (κ3) is 2.25. The van der Waals surface area contributed by atoms with Crippen molar-refractivity contribution in [2.24, 2.45) is 0 Å². The Morgan fingerprint density at radius 1 is 0.800 bits per heavy atom. The van der Waals surface area contributed by atoms with Crippen LogP contribution in [0.4, 0.5) is 5.69 Å². The van der Waals surface area contributed by atoms with Crippen molar-refractivity contribution in [2.45, 2.75) is 0 Å². The van der Waals surface area contributed by atoms with Gasteiger partial charge in [-0.3, -0.25) is 9.59 Å². The molecule has 2 aliphatic rings. The van der Waals surface area contributed by atoms with E-state index in [0.29, 0.717) is 0 Å². The number of esters is 2. The standard InChI is InChI=1S/C21H8ClNO7/c22-13-6-1-8(19(26)27)7-14(13)23-17(24)9-2-4-11-16-12(21(29)30-20(11)28)5-3-10(15(9)16)18(23)25/h1-7H,(H,26,27). The van der Waals surface area contributed by atoms with E-state index < -0.39 is 29.7 Å². The molecule has 0 atom stereocenters. The summed E-state index contributed by atoms with van der Waals surface area (Å²) in [5, 5.41) is 9.61. The second-order valence-corrected chi connectivity index (χ2v) is 7.07. The number of ether oxygens (including phenoxy) is 1. The van der Waals surface area contributed by atoms with E-state index >= 15 is 0 Å². The van der Waals surface area contributed by atoms with Gasteiger partial charge in [-0.15, -0.1) is 0 Å². The molecule has 0 saturated heterocycles. The number of imide groups is 1. The van der Waals surface area contributed by atoms with Crippen LogP contribution >= 0.6 is 11.6 Å². The lowest BCUT2D eigenvalue weighted by Crippen LogP contribution is -2.41. The summed E-state index contributed by atoms with van der Waals surface area (Å²) in [6.45, 7) is 0. The molecule has 0 radical (unpaired) electrons. The molecule has 0 spiro atoms. The van der Waals surface area contributed by atoms with Crippen LogP contribution in [0, 0.1) is 0 Å². The molecule has 0 bridgehead atoms. The maximum absolute atomic E-state index is 13.2. The van der Waals surface area contributed by atoms with E-state index in [1.807, 2.05) is 0 Å². The number of aromatic carboxylic acids is 1. The van der Waals surface area contributed by atoms with Crippen molar-refractivity contribution in [3.05, 3.63) is 75.3 Å². The van der Waals surface area contributed by atoms with Crippen molar-refractivity contribution in [3.8, 4) is 0 Å². The van der Waals surface area contributed by atoms with E-state index in [-0.39, 0.29) is 49.3 Å². The maximum atomic E-state index is 13.2. The normalized spacial score (nSPS) is 14.9. The number of anilines is 1. The first-order valence-corrected chi connectivity index (χ1v) is 8.95. The summed E-state index contributed by atoms with van der Waals surface area (Å²) in [5.41, 5.74) is 0.0600. The average molecular weight is 422 g/mol. The molecule has 2 heterocycles. The molecule has 146 valence electrons. The van der Waals surface area contributed by atoms with Crippen LogP contribution in [0.2, 0.25) is 5.02 Å². The third-order valence-electron chi connectivity index (χ3n) is 5.09. The van der Waals surface area contributed by atoms with E-state index in [1.165, 1.54) is 36.4 Å². The first-order valence-electron chi connectivity index (χ1n) is 8.57. The Bertz CT molecular complexity index is 1320. The Labute approximate surface area is 172 Å². The number of halogens is 1. The molecule has 1 N–H and O–H groups in total. The van der Waals surface area contributed by atoms with Crippen molar-refractivity contribution in [3.63, 3.8) is 0 Å². The Balaban J connectivity index is 1.80. The van der Waals surface area contributed by atoms with Crippen molar-refractivity contribution >= 4 is 57.8 Å². The number of hydrogen-bond donors (Lipinski definition) is 1. The molecule has 5 rings (SSSR count). The van der Waals surface area contributed by atoms with Crippen LogP contribution in [0.3, 0.4) is 0 Å². The van der Waals surface area contributed by atoms with Crippen molar-refractivity contribution < 1.29 is 33.8 Å².